The lowest BCUT2D eigenvalue weighted by Crippen LogP contribution is -2.09. The van der Waals surface area contributed by atoms with E-state index in [1.807, 2.05) is 12.1 Å². The average molecular weight is 276 g/mol. The van der Waals surface area contributed by atoms with Gasteiger partial charge in [-0.15, -0.1) is 0 Å². The molecule has 0 fully saturated rings. The number of ether oxygens (including phenoxy) is 1. The van der Waals surface area contributed by atoms with E-state index in [9.17, 15) is 0 Å². The molecule has 1 heterocycles. The van der Waals surface area contributed by atoms with Crippen LogP contribution >= 0.6 is 0 Å². The number of hydrogen-bond donors (Lipinski definition) is 0. The summed E-state index contributed by atoms with van der Waals surface area (Å²) < 4.78 is 6.05. The molecule has 0 radical (unpaired) electrons. The molecule has 0 amide bonds. The van der Waals surface area contributed by atoms with Crippen LogP contribution in [0.4, 0.5) is 0 Å². The summed E-state index contributed by atoms with van der Waals surface area (Å²) in [6, 6.07) is 21.0. The van der Waals surface area contributed by atoms with Gasteiger partial charge in [-0.25, -0.2) is 0 Å². The first kappa shape index (κ1) is 13.7. The maximum atomic E-state index is 6.05. The highest BCUT2D eigenvalue weighted by Gasteiger charge is 2.18. The van der Waals surface area contributed by atoms with Crippen molar-refractivity contribution in [3.63, 3.8) is 0 Å². The normalized spacial score (nSPS) is 14.9. The van der Waals surface area contributed by atoms with Crippen molar-refractivity contribution in [1.82, 2.24) is 0 Å². The zero-order chi connectivity index (χ0) is 14.7. The Labute approximate surface area is 126 Å². The van der Waals surface area contributed by atoms with E-state index >= 15 is 0 Å². The minimum Gasteiger partial charge on any atom is -0.493 e. The molecule has 0 spiro atoms. The maximum absolute atomic E-state index is 6.05. The van der Waals surface area contributed by atoms with Crippen LogP contribution in [-0.4, -0.2) is 6.61 Å². The molecule has 0 aliphatic carbocycles. The first-order valence-corrected chi connectivity index (χ1v) is 7.37. The molecule has 1 aliphatic heterocycles. The predicted octanol–water partition coefficient (Wildman–Crippen LogP) is 5.20. The fourth-order valence-electron chi connectivity index (χ4n) is 2.62. The first-order valence-electron chi connectivity index (χ1n) is 7.37. The number of hydrogen-bond acceptors (Lipinski definition) is 1. The Morgan fingerprint density at radius 2 is 1.29 bits per heavy atom. The molecular weight excluding hydrogens is 256 g/mol. The second-order valence-electron chi connectivity index (χ2n) is 5.56. The number of benzene rings is 2. The Hall–Kier alpha value is -2.28. The molecule has 2 aromatic carbocycles. The van der Waals surface area contributed by atoms with Crippen molar-refractivity contribution in [2.24, 2.45) is 0 Å². The molecule has 2 aromatic rings. The quantitative estimate of drug-likeness (QED) is 0.685. The minimum absolute atomic E-state index is 0.699. The SMILES string of the molecule is CC1=C(C)CC(=C(c2ccccc2)c2ccccc2)OC1. The van der Waals surface area contributed by atoms with Gasteiger partial charge in [-0.05, 0) is 30.5 Å². The fraction of sp³-hybridized carbons (Fsp3) is 0.200. The maximum Gasteiger partial charge on any atom is 0.109 e. The third kappa shape index (κ3) is 2.92. The summed E-state index contributed by atoms with van der Waals surface area (Å²) in [4.78, 5) is 0. The summed E-state index contributed by atoms with van der Waals surface area (Å²) in [5, 5.41) is 0. The van der Waals surface area contributed by atoms with Gasteiger partial charge in [0.1, 0.15) is 12.4 Å². The highest BCUT2D eigenvalue weighted by atomic mass is 16.5. The van der Waals surface area contributed by atoms with Gasteiger partial charge in [-0.1, -0.05) is 66.2 Å². The Morgan fingerprint density at radius 3 is 1.76 bits per heavy atom. The third-order valence-corrected chi connectivity index (χ3v) is 4.02. The van der Waals surface area contributed by atoms with Crippen LogP contribution in [0.3, 0.4) is 0 Å². The Bertz CT molecular complexity index is 637. The van der Waals surface area contributed by atoms with E-state index in [4.69, 9.17) is 4.74 Å². The van der Waals surface area contributed by atoms with E-state index in [1.165, 1.54) is 27.8 Å². The Balaban J connectivity index is 2.14. The van der Waals surface area contributed by atoms with Crippen LogP contribution in [0.5, 0.6) is 0 Å². The highest BCUT2D eigenvalue weighted by molar-refractivity contribution is 5.81. The van der Waals surface area contributed by atoms with Crippen molar-refractivity contribution in [2.45, 2.75) is 20.3 Å². The molecule has 0 aromatic heterocycles. The highest BCUT2D eigenvalue weighted by Crippen LogP contribution is 2.33. The molecule has 1 aliphatic rings. The van der Waals surface area contributed by atoms with Crippen LogP contribution in [0.1, 0.15) is 31.4 Å². The minimum atomic E-state index is 0.699. The van der Waals surface area contributed by atoms with Crippen LogP contribution in [0.2, 0.25) is 0 Å². The standard InChI is InChI=1S/C20H20O/c1-15-13-19(21-14-16(15)2)20(17-9-5-3-6-10-17)18-11-7-4-8-12-18/h3-12H,13-14H2,1-2H3. The molecule has 1 heteroatoms. The van der Waals surface area contributed by atoms with E-state index in [0.29, 0.717) is 6.61 Å². The summed E-state index contributed by atoms with van der Waals surface area (Å²) in [6.45, 7) is 5.05. The zero-order valence-electron chi connectivity index (χ0n) is 12.6. The fourth-order valence-corrected chi connectivity index (χ4v) is 2.62. The lowest BCUT2D eigenvalue weighted by molar-refractivity contribution is 0.222. The van der Waals surface area contributed by atoms with Crippen LogP contribution in [0.15, 0.2) is 77.6 Å². The average Bonchev–Trinajstić information content (AvgIpc) is 2.53. The number of allylic oxidation sites excluding steroid dienone is 1. The molecule has 3 rings (SSSR count). The van der Waals surface area contributed by atoms with Gasteiger partial charge in [0.25, 0.3) is 0 Å². The Morgan fingerprint density at radius 1 is 0.762 bits per heavy atom. The van der Waals surface area contributed by atoms with E-state index in [-0.39, 0.29) is 0 Å². The van der Waals surface area contributed by atoms with Gasteiger partial charge in [-0.3, -0.25) is 0 Å². The van der Waals surface area contributed by atoms with Gasteiger partial charge in [0, 0.05) is 12.0 Å². The van der Waals surface area contributed by atoms with E-state index < -0.39 is 0 Å². The molecule has 21 heavy (non-hydrogen) atoms. The summed E-state index contributed by atoms with van der Waals surface area (Å²) in [7, 11) is 0. The van der Waals surface area contributed by atoms with E-state index in [2.05, 4.69) is 62.4 Å². The molecule has 0 bridgehead atoms. The van der Waals surface area contributed by atoms with Gasteiger partial charge in [0.2, 0.25) is 0 Å². The van der Waals surface area contributed by atoms with Crippen LogP contribution < -0.4 is 0 Å². The van der Waals surface area contributed by atoms with E-state index in [1.54, 1.807) is 0 Å². The largest absolute Gasteiger partial charge is 0.493 e. The van der Waals surface area contributed by atoms with Gasteiger partial charge in [0.15, 0.2) is 0 Å². The molecule has 0 unspecified atom stereocenters. The van der Waals surface area contributed by atoms with Crippen molar-refractivity contribution in [1.29, 1.82) is 0 Å². The summed E-state index contributed by atoms with van der Waals surface area (Å²) in [5.74, 6) is 1.08. The van der Waals surface area contributed by atoms with Crippen molar-refractivity contribution < 1.29 is 4.74 Å². The van der Waals surface area contributed by atoms with Crippen LogP contribution in [0, 0.1) is 0 Å². The molecule has 0 atom stereocenters. The second-order valence-corrected chi connectivity index (χ2v) is 5.56. The first-order chi connectivity index (χ1) is 10.3. The van der Waals surface area contributed by atoms with Crippen LogP contribution in [-0.2, 0) is 4.74 Å². The predicted molar refractivity (Wildman–Crippen MR) is 87.8 cm³/mol. The third-order valence-electron chi connectivity index (χ3n) is 4.02. The Kier molecular flexibility index (Phi) is 3.92. The van der Waals surface area contributed by atoms with E-state index in [0.717, 1.165) is 12.2 Å². The van der Waals surface area contributed by atoms with Crippen molar-refractivity contribution in [3.05, 3.63) is 88.7 Å². The van der Waals surface area contributed by atoms with Crippen LogP contribution in [0.25, 0.3) is 5.57 Å². The number of rotatable bonds is 2. The monoisotopic (exact) mass is 276 g/mol. The second kappa shape index (κ2) is 6.01. The molecular formula is C20H20O. The molecule has 1 nitrogen and oxygen atoms in total. The summed E-state index contributed by atoms with van der Waals surface area (Å²) >= 11 is 0. The van der Waals surface area contributed by atoms with Gasteiger partial charge in [-0.2, -0.15) is 0 Å². The smallest absolute Gasteiger partial charge is 0.109 e. The van der Waals surface area contributed by atoms with Gasteiger partial charge in [0.05, 0.1) is 0 Å². The lowest BCUT2D eigenvalue weighted by Gasteiger charge is -2.23. The van der Waals surface area contributed by atoms with Gasteiger partial charge < -0.3 is 4.74 Å². The topological polar surface area (TPSA) is 9.23 Å². The van der Waals surface area contributed by atoms with Crippen molar-refractivity contribution in [3.8, 4) is 0 Å². The summed E-state index contributed by atoms with van der Waals surface area (Å²) in [6.07, 6.45) is 0.894. The van der Waals surface area contributed by atoms with Crippen molar-refractivity contribution in [2.75, 3.05) is 6.61 Å². The molecule has 0 saturated carbocycles. The molecule has 0 saturated heterocycles. The molecule has 106 valence electrons. The summed E-state index contributed by atoms with van der Waals surface area (Å²) in [5.41, 5.74) is 6.40. The zero-order valence-corrected chi connectivity index (χ0v) is 12.6. The lowest BCUT2D eigenvalue weighted by atomic mass is 9.93. The van der Waals surface area contributed by atoms with Gasteiger partial charge >= 0.3 is 0 Å². The molecule has 0 N–H and O–H groups in total. The van der Waals surface area contributed by atoms with Crippen molar-refractivity contribution >= 4 is 5.57 Å².